The molecule has 0 atom stereocenters. The second-order valence-electron chi connectivity index (χ2n) is 2.64. The van der Waals surface area contributed by atoms with Crippen molar-refractivity contribution in [1.82, 2.24) is 0 Å². The van der Waals surface area contributed by atoms with Crippen LogP contribution in [0, 0.1) is 43.6 Å². The molecule has 0 N–H and O–H groups in total. The summed E-state index contributed by atoms with van der Waals surface area (Å²) in [4.78, 5) is 11.3. The van der Waals surface area contributed by atoms with E-state index in [2.05, 4.69) is 20.0 Å². The van der Waals surface area contributed by atoms with Gasteiger partial charge in [-0.25, -0.2) is 0 Å². The molecule has 0 aromatic rings. The molecule has 0 spiro atoms. The first kappa shape index (κ1) is 27.1. The van der Waals surface area contributed by atoms with E-state index in [4.69, 9.17) is 18.7 Å². The average molecular weight is 322 g/mol. The van der Waals surface area contributed by atoms with Gasteiger partial charge >= 0.3 is 39.9 Å². The number of esters is 1. The van der Waals surface area contributed by atoms with Crippen LogP contribution >= 0.6 is 8.58 Å². The third-order valence-corrected chi connectivity index (χ3v) is 3.10. The number of carbonyl (C=O) groups excluding carboxylic acids is 1. The Hall–Kier alpha value is -0.361. The van der Waals surface area contributed by atoms with Gasteiger partial charge in [-0.1, -0.05) is 22.4 Å². The molecule has 6 radical (unpaired) electrons. The summed E-state index contributed by atoms with van der Waals surface area (Å²) < 4.78 is 27.4. The zero-order valence-corrected chi connectivity index (χ0v) is 12.7. The van der Waals surface area contributed by atoms with Crippen LogP contribution in [0.15, 0.2) is 0 Å². The Morgan fingerprint density at radius 3 is 1.89 bits per heavy atom. The molecule has 1 aliphatic heterocycles. The van der Waals surface area contributed by atoms with Gasteiger partial charge < -0.3 is 4.74 Å². The van der Waals surface area contributed by atoms with E-state index in [9.17, 15) is 4.79 Å². The van der Waals surface area contributed by atoms with E-state index in [-0.39, 0.29) is 23.0 Å². The van der Waals surface area contributed by atoms with Crippen molar-refractivity contribution < 1.29 is 40.6 Å². The zero-order valence-electron chi connectivity index (χ0n) is 10.7. The second-order valence-corrected chi connectivity index (χ2v) is 3.60. The van der Waals surface area contributed by atoms with E-state index < -0.39 is 0 Å². The van der Waals surface area contributed by atoms with Crippen molar-refractivity contribution in [3.05, 3.63) is 43.6 Å². The van der Waals surface area contributed by atoms with Crippen molar-refractivity contribution in [2.24, 2.45) is 0 Å². The van der Waals surface area contributed by atoms with Crippen molar-refractivity contribution in [1.29, 1.82) is 0 Å². The Kier molecular flexibility index (Phi) is 28.4. The van der Waals surface area contributed by atoms with Crippen molar-refractivity contribution in [2.75, 3.05) is 6.61 Å². The van der Waals surface area contributed by atoms with Gasteiger partial charge in [0.25, 0.3) is 0 Å². The van der Waals surface area contributed by atoms with E-state index >= 15 is 0 Å². The van der Waals surface area contributed by atoms with Crippen LogP contribution in [0.3, 0.4) is 0 Å². The maximum absolute atomic E-state index is 11.3. The summed E-state index contributed by atoms with van der Waals surface area (Å²) in [6, 6.07) is 0. The molecule has 1 aliphatic rings. The van der Waals surface area contributed by atoms with Gasteiger partial charge in [0.15, 0.2) is 0 Å². The Balaban J connectivity index is -0.000000142. The van der Waals surface area contributed by atoms with Crippen LogP contribution in [0.25, 0.3) is 0 Å². The van der Waals surface area contributed by atoms with E-state index in [1.807, 2.05) is 26.9 Å². The number of hydrogen-bond donors (Lipinski definition) is 0. The minimum atomic E-state index is -0.176. The van der Waals surface area contributed by atoms with E-state index in [1.54, 1.807) is 0 Å². The molecule has 0 aliphatic carbocycles. The number of hydrogen-bond acceptors (Lipinski definition) is 2. The quantitative estimate of drug-likeness (QED) is 0.257. The molecular formula is C12H12MnO5P. The van der Waals surface area contributed by atoms with E-state index in [0.29, 0.717) is 6.61 Å². The molecule has 0 aromatic carbocycles. The molecule has 0 saturated carbocycles. The third-order valence-electron chi connectivity index (χ3n) is 1.80. The summed E-state index contributed by atoms with van der Waals surface area (Å²) in [6.07, 6.45) is 2.03. The van der Waals surface area contributed by atoms with Crippen LogP contribution in [0.4, 0.5) is 0 Å². The summed E-state index contributed by atoms with van der Waals surface area (Å²) in [5.41, 5.74) is 0.786. The first-order chi connectivity index (χ1) is 8.66. The molecule has 19 heavy (non-hydrogen) atoms. The Labute approximate surface area is 126 Å². The van der Waals surface area contributed by atoms with E-state index in [1.165, 1.54) is 5.92 Å². The molecule has 7 heteroatoms. The largest absolute Gasteiger partial charge is 0 e. The van der Waals surface area contributed by atoms with Gasteiger partial charge in [-0.2, -0.15) is 0 Å². The van der Waals surface area contributed by atoms with Gasteiger partial charge in [-0.05, 0) is 19.0 Å². The van der Waals surface area contributed by atoms with Crippen LogP contribution < -0.4 is 0 Å². The third kappa shape index (κ3) is 11.2. The summed E-state index contributed by atoms with van der Waals surface area (Å²) in [5, 5.41) is 0. The van der Waals surface area contributed by atoms with Crippen LogP contribution in [-0.4, -0.2) is 12.6 Å². The molecule has 5 nitrogen and oxygen atoms in total. The predicted molar refractivity (Wildman–Crippen MR) is 60.7 cm³/mol. The Morgan fingerprint density at radius 2 is 1.63 bits per heavy atom. The molecular weight excluding hydrogens is 310 g/mol. The SMILES string of the molecule is CCOC(=O)[C]1[P][CH][C](C)[C]1C.[C-]#[O+].[C-]#[O+].[C-]#[O+].[Mn]. The summed E-state index contributed by atoms with van der Waals surface area (Å²) in [5.74, 6) is 2.07. The molecule has 0 unspecified atom stereocenters. The number of rotatable bonds is 2. The van der Waals surface area contributed by atoms with Gasteiger partial charge in [0.2, 0.25) is 0 Å². The molecule has 1 fully saturated rings. The standard InChI is InChI=1S/C9H12O2P.3CO.Mn/c1-4-11-9(10)8-7(3)6(2)5-12-8;3*1-2;/h5H,4H2,1-3H3;;;;. The van der Waals surface area contributed by atoms with Gasteiger partial charge in [0.1, 0.15) is 5.66 Å². The molecule has 0 bridgehead atoms. The van der Waals surface area contributed by atoms with Crippen LogP contribution in [0.1, 0.15) is 20.8 Å². The summed E-state index contributed by atoms with van der Waals surface area (Å²) in [6.45, 7) is 19.7. The van der Waals surface area contributed by atoms with Crippen LogP contribution in [0.5, 0.6) is 0 Å². The molecule has 0 amide bonds. The average Bonchev–Trinajstić information content (AvgIpc) is 2.77. The first-order valence-electron chi connectivity index (χ1n) is 4.54. The smallest absolute Gasteiger partial charge is 0 e. The Morgan fingerprint density at radius 1 is 1.21 bits per heavy atom. The van der Waals surface area contributed by atoms with Crippen molar-refractivity contribution >= 4 is 14.6 Å². The van der Waals surface area contributed by atoms with Gasteiger partial charge in [0.05, 0.1) is 6.61 Å². The number of carbonyl (C=O) groups is 1. The van der Waals surface area contributed by atoms with Crippen LogP contribution in [0.2, 0.25) is 0 Å². The fourth-order valence-electron chi connectivity index (χ4n) is 0.947. The maximum atomic E-state index is 11.3. The van der Waals surface area contributed by atoms with Crippen molar-refractivity contribution in [2.45, 2.75) is 20.8 Å². The second kappa shape index (κ2) is 20.0. The van der Waals surface area contributed by atoms with Crippen LogP contribution in [-0.2, 0) is 40.6 Å². The maximum Gasteiger partial charge on any atom is 0 e. The molecule has 1 rings (SSSR count). The zero-order chi connectivity index (χ0) is 15.1. The molecule has 1 saturated heterocycles. The molecule has 102 valence electrons. The fraction of sp³-hybridized carbons (Fsp3) is 0.333. The minimum Gasteiger partial charge on any atom is 0 e. The van der Waals surface area contributed by atoms with Gasteiger partial charge in [0, 0.05) is 23.0 Å². The van der Waals surface area contributed by atoms with Crippen molar-refractivity contribution in [3.8, 4) is 0 Å². The van der Waals surface area contributed by atoms with E-state index in [0.717, 1.165) is 20.2 Å². The summed E-state index contributed by atoms with van der Waals surface area (Å²) >= 11 is 0. The molecule has 0 aromatic heterocycles. The number of ether oxygens (including phenoxy) is 1. The van der Waals surface area contributed by atoms with Gasteiger partial charge in [-0.3, -0.25) is 4.79 Å². The fourth-order valence-corrected chi connectivity index (χ4v) is 2.00. The Bertz CT molecular complexity index is 263. The topological polar surface area (TPSA) is 86.0 Å². The minimum absolute atomic E-state index is 0. The predicted octanol–water partition coefficient (Wildman–Crippen LogP) is 2.28. The van der Waals surface area contributed by atoms with Gasteiger partial charge in [-0.15, -0.1) is 0 Å². The summed E-state index contributed by atoms with van der Waals surface area (Å²) in [7, 11) is 0.972. The monoisotopic (exact) mass is 322 g/mol. The first-order valence-corrected chi connectivity index (χ1v) is 5.50. The normalized spacial score (nSPS) is 15.2. The molecule has 1 heterocycles. The van der Waals surface area contributed by atoms with Crippen molar-refractivity contribution in [3.63, 3.8) is 0 Å².